The van der Waals surface area contributed by atoms with E-state index in [1.807, 2.05) is 19.1 Å². The number of aromatic nitrogens is 2. The van der Waals surface area contributed by atoms with Crippen molar-refractivity contribution in [2.75, 3.05) is 5.32 Å². The summed E-state index contributed by atoms with van der Waals surface area (Å²) in [4.78, 5) is 12.0. The van der Waals surface area contributed by atoms with Crippen molar-refractivity contribution in [1.29, 1.82) is 0 Å². The molecule has 0 spiro atoms. The van der Waals surface area contributed by atoms with E-state index >= 15 is 0 Å². The maximum absolute atomic E-state index is 12.0. The van der Waals surface area contributed by atoms with Crippen LogP contribution in [0.15, 0.2) is 36.7 Å². The van der Waals surface area contributed by atoms with Crippen molar-refractivity contribution in [2.24, 2.45) is 0 Å². The Morgan fingerprint density at radius 2 is 2.16 bits per heavy atom. The van der Waals surface area contributed by atoms with Gasteiger partial charge in [0.05, 0.1) is 0 Å². The van der Waals surface area contributed by atoms with Crippen LogP contribution in [0, 0.1) is 6.92 Å². The van der Waals surface area contributed by atoms with E-state index in [2.05, 4.69) is 30.3 Å². The summed E-state index contributed by atoms with van der Waals surface area (Å²) in [5, 5.41) is 7.03. The van der Waals surface area contributed by atoms with E-state index in [0.29, 0.717) is 5.92 Å². The van der Waals surface area contributed by atoms with Crippen molar-refractivity contribution in [1.82, 2.24) is 9.78 Å². The number of para-hydroxylation sites is 1. The first-order valence-corrected chi connectivity index (χ1v) is 6.44. The second-order valence-electron chi connectivity index (χ2n) is 4.95. The Bertz CT molecular complexity index is 559. The normalized spacial score (nSPS) is 10.7. The summed E-state index contributed by atoms with van der Waals surface area (Å²) in [5.41, 5.74) is 3.17. The lowest BCUT2D eigenvalue weighted by molar-refractivity contribution is -0.116. The highest BCUT2D eigenvalue weighted by atomic mass is 16.2. The third-order valence-corrected chi connectivity index (χ3v) is 3.06. The van der Waals surface area contributed by atoms with Crippen LogP contribution in [0.1, 0.15) is 30.9 Å². The van der Waals surface area contributed by atoms with Gasteiger partial charge in [-0.25, -0.2) is 0 Å². The number of nitrogens with zero attached hydrogens (tertiary/aromatic N) is 2. The molecule has 0 atom stereocenters. The molecule has 0 aliphatic rings. The summed E-state index contributed by atoms with van der Waals surface area (Å²) in [6.45, 7) is 6.49. The highest BCUT2D eigenvalue weighted by Gasteiger charge is 2.12. The van der Waals surface area contributed by atoms with Gasteiger partial charge in [0.1, 0.15) is 6.54 Å². The predicted octanol–water partition coefficient (Wildman–Crippen LogP) is 2.95. The molecule has 1 heterocycles. The number of benzene rings is 1. The first-order chi connectivity index (χ1) is 9.08. The first kappa shape index (κ1) is 13.3. The molecule has 2 rings (SSSR count). The lowest BCUT2D eigenvalue weighted by Crippen LogP contribution is -2.20. The van der Waals surface area contributed by atoms with Gasteiger partial charge in [-0.05, 0) is 30.0 Å². The number of aryl methyl sites for hydroxylation is 1. The van der Waals surface area contributed by atoms with Gasteiger partial charge >= 0.3 is 0 Å². The van der Waals surface area contributed by atoms with E-state index in [4.69, 9.17) is 0 Å². The van der Waals surface area contributed by atoms with Crippen LogP contribution in [0.5, 0.6) is 0 Å². The molecule has 0 saturated carbocycles. The molecule has 0 bridgehead atoms. The SMILES string of the molecule is Cc1cccc(C(C)C)c1NC(=O)Cn1cccn1. The average Bonchev–Trinajstić information content (AvgIpc) is 2.84. The zero-order valence-electron chi connectivity index (χ0n) is 11.6. The Labute approximate surface area is 113 Å². The standard InChI is InChI=1S/C15H19N3O/c1-11(2)13-7-4-6-12(3)15(13)17-14(19)10-18-9-5-8-16-18/h4-9,11H,10H2,1-3H3,(H,17,19). The monoisotopic (exact) mass is 257 g/mol. The topological polar surface area (TPSA) is 46.9 Å². The lowest BCUT2D eigenvalue weighted by atomic mass is 9.98. The maximum Gasteiger partial charge on any atom is 0.246 e. The van der Waals surface area contributed by atoms with Gasteiger partial charge in [-0.3, -0.25) is 9.48 Å². The van der Waals surface area contributed by atoms with Gasteiger partial charge in [-0.2, -0.15) is 5.10 Å². The van der Waals surface area contributed by atoms with E-state index in [1.165, 1.54) is 0 Å². The van der Waals surface area contributed by atoms with E-state index in [-0.39, 0.29) is 12.5 Å². The van der Waals surface area contributed by atoms with E-state index < -0.39 is 0 Å². The summed E-state index contributed by atoms with van der Waals surface area (Å²) in [5.74, 6) is 0.319. The van der Waals surface area contributed by atoms with E-state index in [0.717, 1.165) is 16.8 Å². The van der Waals surface area contributed by atoms with Crippen LogP contribution in [0.4, 0.5) is 5.69 Å². The van der Waals surface area contributed by atoms with Crippen LogP contribution in [0.25, 0.3) is 0 Å². The molecule has 0 saturated heterocycles. The second kappa shape index (κ2) is 5.69. The fourth-order valence-corrected chi connectivity index (χ4v) is 2.06. The van der Waals surface area contributed by atoms with Gasteiger partial charge in [-0.1, -0.05) is 32.0 Å². The predicted molar refractivity (Wildman–Crippen MR) is 76.1 cm³/mol. The van der Waals surface area contributed by atoms with E-state index in [9.17, 15) is 4.79 Å². The summed E-state index contributed by atoms with van der Waals surface area (Å²) in [6.07, 6.45) is 3.45. The molecule has 2 aromatic rings. The molecule has 1 N–H and O–H groups in total. The van der Waals surface area contributed by atoms with Crippen LogP contribution in [0.2, 0.25) is 0 Å². The maximum atomic E-state index is 12.0. The third-order valence-electron chi connectivity index (χ3n) is 3.06. The molecule has 0 aliphatic heterocycles. The summed E-state index contributed by atoms with van der Waals surface area (Å²) in [6, 6.07) is 7.89. The zero-order chi connectivity index (χ0) is 13.8. The lowest BCUT2D eigenvalue weighted by Gasteiger charge is -2.16. The van der Waals surface area contributed by atoms with Gasteiger partial charge in [0.2, 0.25) is 5.91 Å². The molecule has 0 unspecified atom stereocenters. The van der Waals surface area contributed by atoms with Crippen molar-refractivity contribution in [3.05, 3.63) is 47.8 Å². The Morgan fingerprint density at radius 1 is 1.37 bits per heavy atom. The molecule has 1 aromatic carbocycles. The van der Waals surface area contributed by atoms with Crippen molar-refractivity contribution >= 4 is 11.6 Å². The Kier molecular flexibility index (Phi) is 4.00. The Balaban J connectivity index is 2.16. The van der Waals surface area contributed by atoms with Crippen LogP contribution in [-0.2, 0) is 11.3 Å². The summed E-state index contributed by atoms with van der Waals surface area (Å²) in [7, 11) is 0. The van der Waals surface area contributed by atoms with E-state index in [1.54, 1.807) is 23.1 Å². The number of carbonyl (C=O) groups excluding carboxylic acids is 1. The summed E-state index contributed by atoms with van der Waals surface area (Å²) < 4.78 is 1.61. The molecule has 1 aromatic heterocycles. The van der Waals surface area contributed by atoms with Gasteiger partial charge in [0.15, 0.2) is 0 Å². The van der Waals surface area contributed by atoms with Crippen LogP contribution >= 0.6 is 0 Å². The molecular formula is C15H19N3O. The Hall–Kier alpha value is -2.10. The molecule has 4 nitrogen and oxygen atoms in total. The number of hydrogen-bond acceptors (Lipinski definition) is 2. The number of amides is 1. The number of carbonyl (C=O) groups is 1. The third kappa shape index (κ3) is 3.22. The van der Waals surface area contributed by atoms with Gasteiger partial charge in [0, 0.05) is 18.1 Å². The van der Waals surface area contributed by atoms with Crippen molar-refractivity contribution in [2.45, 2.75) is 33.2 Å². The highest BCUT2D eigenvalue weighted by molar-refractivity contribution is 5.92. The molecule has 1 amide bonds. The van der Waals surface area contributed by atoms with Gasteiger partial charge in [-0.15, -0.1) is 0 Å². The number of anilines is 1. The van der Waals surface area contributed by atoms with Crippen molar-refractivity contribution in [3.63, 3.8) is 0 Å². The molecule has 0 fully saturated rings. The molecule has 0 radical (unpaired) electrons. The van der Waals surface area contributed by atoms with Crippen molar-refractivity contribution in [3.8, 4) is 0 Å². The van der Waals surface area contributed by atoms with Gasteiger partial charge in [0.25, 0.3) is 0 Å². The van der Waals surface area contributed by atoms with Crippen LogP contribution < -0.4 is 5.32 Å². The fraction of sp³-hybridized carbons (Fsp3) is 0.333. The molecule has 19 heavy (non-hydrogen) atoms. The number of hydrogen-bond donors (Lipinski definition) is 1. The first-order valence-electron chi connectivity index (χ1n) is 6.44. The molecule has 4 heteroatoms. The number of nitrogens with one attached hydrogen (secondary N) is 1. The molecule has 0 aliphatic carbocycles. The number of rotatable bonds is 4. The highest BCUT2D eigenvalue weighted by Crippen LogP contribution is 2.27. The van der Waals surface area contributed by atoms with Crippen LogP contribution in [-0.4, -0.2) is 15.7 Å². The minimum atomic E-state index is -0.0556. The minimum Gasteiger partial charge on any atom is -0.324 e. The Morgan fingerprint density at radius 3 is 2.79 bits per heavy atom. The quantitative estimate of drug-likeness (QED) is 0.915. The molecular weight excluding hydrogens is 238 g/mol. The zero-order valence-corrected chi connectivity index (χ0v) is 11.6. The average molecular weight is 257 g/mol. The van der Waals surface area contributed by atoms with Crippen LogP contribution in [0.3, 0.4) is 0 Å². The summed E-state index contributed by atoms with van der Waals surface area (Å²) >= 11 is 0. The largest absolute Gasteiger partial charge is 0.324 e. The minimum absolute atomic E-state index is 0.0556. The fourth-order valence-electron chi connectivity index (χ4n) is 2.06. The van der Waals surface area contributed by atoms with Crippen molar-refractivity contribution < 1.29 is 4.79 Å². The molecule has 100 valence electrons. The second-order valence-corrected chi connectivity index (χ2v) is 4.95. The van der Waals surface area contributed by atoms with Gasteiger partial charge < -0.3 is 5.32 Å². The smallest absolute Gasteiger partial charge is 0.246 e.